The molecule has 4 rings (SSSR count). The molecule has 0 aliphatic carbocycles. The number of aromatic hydroxyl groups is 1. The summed E-state index contributed by atoms with van der Waals surface area (Å²) >= 11 is 0. The van der Waals surface area contributed by atoms with Crippen LogP contribution >= 0.6 is 0 Å². The van der Waals surface area contributed by atoms with Crippen molar-refractivity contribution in [2.75, 3.05) is 5.32 Å². The molecule has 1 amide bonds. The number of aryl methyl sites for hydroxylation is 3. The maximum absolute atomic E-state index is 13.1. The van der Waals surface area contributed by atoms with Crippen LogP contribution in [0, 0.1) is 20.8 Å². The predicted octanol–water partition coefficient (Wildman–Crippen LogP) is 2.60. The molecule has 0 radical (unpaired) electrons. The van der Waals surface area contributed by atoms with Crippen LogP contribution < -0.4 is 5.32 Å². The summed E-state index contributed by atoms with van der Waals surface area (Å²) < 4.78 is 1.48. The number of rotatable bonds is 3. The normalized spacial score (nSPS) is 15.8. The average molecular weight is 377 g/mol. The highest BCUT2D eigenvalue weighted by Crippen LogP contribution is 2.38. The van der Waals surface area contributed by atoms with Gasteiger partial charge in [0.25, 0.3) is 5.95 Å². The van der Waals surface area contributed by atoms with Gasteiger partial charge in [-0.2, -0.15) is 9.78 Å². The van der Waals surface area contributed by atoms with Crippen LogP contribution in [-0.2, 0) is 4.79 Å². The van der Waals surface area contributed by atoms with E-state index in [1.165, 1.54) is 16.8 Å². The summed E-state index contributed by atoms with van der Waals surface area (Å²) in [6.45, 7) is 5.51. The monoisotopic (exact) mass is 377 g/mol. The van der Waals surface area contributed by atoms with Crippen molar-refractivity contribution < 1.29 is 14.7 Å². The van der Waals surface area contributed by atoms with E-state index in [-0.39, 0.29) is 23.9 Å². The van der Waals surface area contributed by atoms with Crippen molar-refractivity contribution in [3.8, 4) is 11.7 Å². The highest BCUT2D eigenvalue weighted by molar-refractivity contribution is 6.08. The summed E-state index contributed by atoms with van der Waals surface area (Å²) in [5, 5.41) is 16.8. The van der Waals surface area contributed by atoms with Gasteiger partial charge in [-0.3, -0.25) is 9.59 Å². The van der Waals surface area contributed by atoms with Crippen LogP contribution in [0.15, 0.2) is 30.3 Å². The van der Waals surface area contributed by atoms with Crippen LogP contribution in [-0.4, -0.2) is 36.5 Å². The fourth-order valence-electron chi connectivity index (χ4n) is 3.54. The number of Topliss-reactive ketones (excluding diaryl/α,β-unsaturated/α-hetero) is 1. The van der Waals surface area contributed by atoms with E-state index in [9.17, 15) is 14.7 Å². The van der Waals surface area contributed by atoms with Gasteiger partial charge < -0.3 is 10.4 Å². The Bertz CT molecular complexity index is 1080. The second-order valence-electron chi connectivity index (χ2n) is 6.93. The number of phenols is 1. The van der Waals surface area contributed by atoms with E-state index in [1.807, 2.05) is 19.9 Å². The Labute approximate surface area is 161 Å². The van der Waals surface area contributed by atoms with Crippen LogP contribution in [0.4, 0.5) is 5.82 Å². The first-order chi connectivity index (χ1) is 13.3. The third kappa shape index (κ3) is 3.02. The van der Waals surface area contributed by atoms with Gasteiger partial charge in [-0.05, 0) is 51.1 Å². The Balaban J connectivity index is 1.83. The molecule has 3 aromatic rings. The lowest BCUT2D eigenvalue weighted by Crippen LogP contribution is -2.28. The molecular formula is C20H19N5O3. The van der Waals surface area contributed by atoms with Crippen LogP contribution in [0.3, 0.4) is 0 Å². The molecule has 0 fully saturated rings. The molecule has 0 spiro atoms. The van der Waals surface area contributed by atoms with Gasteiger partial charge in [-0.25, -0.2) is 9.97 Å². The Morgan fingerprint density at radius 3 is 2.43 bits per heavy atom. The minimum atomic E-state index is -0.659. The number of ketones is 1. The number of hydrogen-bond acceptors (Lipinski definition) is 6. The van der Waals surface area contributed by atoms with Crippen LogP contribution in [0.25, 0.3) is 5.95 Å². The smallest absolute Gasteiger partial charge is 0.252 e. The van der Waals surface area contributed by atoms with Gasteiger partial charge in [0, 0.05) is 28.9 Å². The summed E-state index contributed by atoms with van der Waals surface area (Å²) in [6.07, 6.45) is 0.0347. The number of aromatic nitrogens is 4. The Morgan fingerprint density at radius 1 is 1.14 bits per heavy atom. The van der Waals surface area contributed by atoms with Crippen molar-refractivity contribution in [1.29, 1.82) is 0 Å². The molecule has 3 heterocycles. The predicted molar refractivity (Wildman–Crippen MR) is 102 cm³/mol. The number of fused-ring (bicyclic) bond motifs is 1. The third-order valence-electron chi connectivity index (χ3n) is 4.73. The lowest BCUT2D eigenvalue weighted by Gasteiger charge is -2.23. The number of nitrogens with one attached hydrogen (secondary N) is 1. The molecule has 1 atom stereocenters. The fourth-order valence-corrected chi connectivity index (χ4v) is 3.54. The molecular weight excluding hydrogens is 358 g/mol. The standard InChI is InChI=1S/C20H19N5O3/c1-10-8-11(2)22-20(21-10)25-19-17(12(3)24-25)15(9-16(27)23-19)18(28)13-4-6-14(26)7-5-13/h4-8,15,26H,9H2,1-3H3,(H,23,27). The zero-order chi connectivity index (χ0) is 20.0. The van der Waals surface area contributed by atoms with Gasteiger partial charge >= 0.3 is 0 Å². The van der Waals surface area contributed by atoms with E-state index in [0.29, 0.717) is 28.6 Å². The van der Waals surface area contributed by atoms with Crippen molar-refractivity contribution >= 4 is 17.5 Å². The molecule has 142 valence electrons. The Morgan fingerprint density at radius 2 is 1.79 bits per heavy atom. The van der Waals surface area contributed by atoms with Crippen LogP contribution in [0.2, 0.25) is 0 Å². The Hall–Kier alpha value is -3.55. The van der Waals surface area contributed by atoms with E-state index in [0.717, 1.165) is 11.4 Å². The van der Waals surface area contributed by atoms with Gasteiger partial charge in [0.05, 0.1) is 11.6 Å². The largest absolute Gasteiger partial charge is 0.508 e. The third-order valence-corrected chi connectivity index (χ3v) is 4.73. The number of anilines is 1. The molecule has 0 bridgehead atoms. The van der Waals surface area contributed by atoms with Gasteiger partial charge in [0.2, 0.25) is 5.91 Å². The molecule has 8 heteroatoms. The lowest BCUT2D eigenvalue weighted by atomic mass is 9.85. The van der Waals surface area contributed by atoms with Gasteiger partial charge in [-0.15, -0.1) is 0 Å². The SMILES string of the molecule is Cc1cc(C)nc(-n2nc(C)c3c2NC(=O)CC3C(=O)c2ccc(O)cc2)n1. The molecule has 28 heavy (non-hydrogen) atoms. The van der Waals surface area contributed by atoms with Crippen molar-refractivity contribution in [3.05, 3.63) is 58.5 Å². The van der Waals surface area contributed by atoms with Crippen molar-refractivity contribution in [2.24, 2.45) is 0 Å². The van der Waals surface area contributed by atoms with E-state index in [4.69, 9.17) is 0 Å². The number of phenolic OH excluding ortho intramolecular Hbond substituents is 1. The topological polar surface area (TPSA) is 110 Å². The highest BCUT2D eigenvalue weighted by Gasteiger charge is 2.36. The maximum atomic E-state index is 13.1. The summed E-state index contributed by atoms with van der Waals surface area (Å²) in [5.74, 6) is -0.270. The lowest BCUT2D eigenvalue weighted by molar-refractivity contribution is -0.116. The van der Waals surface area contributed by atoms with Gasteiger partial charge in [0.15, 0.2) is 5.78 Å². The molecule has 2 aromatic heterocycles. The first-order valence-electron chi connectivity index (χ1n) is 8.88. The van der Waals surface area contributed by atoms with Crippen molar-refractivity contribution in [1.82, 2.24) is 19.7 Å². The minimum Gasteiger partial charge on any atom is -0.508 e. The summed E-state index contributed by atoms with van der Waals surface area (Å²) in [7, 11) is 0. The molecule has 1 unspecified atom stereocenters. The van der Waals surface area contributed by atoms with Gasteiger partial charge in [-0.1, -0.05) is 0 Å². The maximum Gasteiger partial charge on any atom is 0.252 e. The zero-order valence-corrected chi connectivity index (χ0v) is 15.7. The summed E-state index contributed by atoms with van der Waals surface area (Å²) in [5.41, 5.74) is 3.29. The number of carbonyl (C=O) groups is 2. The number of hydrogen-bond donors (Lipinski definition) is 2. The molecule has 1 aromatic carbocycles. The summed E-state index contributed by atoms with van der Waals surface area (Å²) in [6, 6.07) is 7.86. The molecule has 0 saturated carbocycles. The van der Waals surface area contributed by atoms with Gasteiger partial charge in [0.1, 0.15) is 11.6 Å². The second kappa shape index (κ2) is 6.56. The first-order valence-corrected chi connectivity index (χ1v) is 8.88. The van der Waals surface area contributed by atoms with Crippen molar-refractivity contribution in [3.63, 3.8) is 0 Å². The first kappa shape index (κ1) is 17.8. The van der Waals surface area contributed by atoms with E-state index in [2.05, 4.69) is 20.4 Å². The van der Waals surface area contributed by atoms with E-state index >= 15 is 0 Å². The second-order valence-corrected chi connectivity index (χ2v) is 6.93. The molecule has 0 saturated heterocycles. The number of benzene rings is 1. The quantitative estimate of drug-likeness (QED) is 0.679. The molecule has 2 N–H and O–H groups in total. The summed E-state index contributed by atoms with van der Waals surface area (Å²) in [4.78, 5) is 34.3. The molecule has 8 nitrogen and oxygen atoms in total. The zero-order valence-electron chi connectivity index (χ0n) is 15.7. The number of amides is 1. The van der Waals surface area contributed by atoms with Crippen LogP contribution in [0.5, 0.6) is 5.75 Å². The fraction of sp³-hybridized carbons (Fsp3) is 0.250. The number of carbonyl (C=O) groups excluding carboxylic acids is 2. The molecule has 1 aliphatic rings. The van der Waals surface area contributed by atoms with E-state index < -0.39 is 5.92 Å². The Kier molecular flexibility index (Phi) is 4.18. The average Bonchev–Trinajstić information content (AvgIpc) is 2.97. The highest BCUT2D eigenvalue weighted by atomic mass is 16.3. The number of nitrogens with zero attached hydrogens (tertiary/aromatic N) is 4. The molecule has 1 aliphatic heterocycles. The van der Waals surface area contributed by atoms with Crippen LogP contribution in [0.1, 0.15) is 45.3 Å². The van der Waals surface area contributed by atoms with Crippen molar-refractivity contribution in [2.45, 2.75) is 33.1 Å². The minimum absolute atomic E-state index is 0.0347. The van der Waals surface area contributed by atoms with E-state index in [1.54, 1.807) is 19.1 Å².